The highest BCUT2D eigenvalue weighted by molar-refractivity contribution is 5.75. The van der Waals surface area contributed by atoms with Gasteiger partial charge in [0, 0.05) is 13.0 Å². The molecule has 0 aliphatic rings. The largest absolute Gasteiger partial charge is 0.479 e. The van der Waals surface area contributed by atoms with Gasteiger partial charge in [-0.1, -0.05) is 36.4 Å². The van der Waals surface area contributed by atoms with Crippen LogP contribution in [0.2, 0.25) is 0 Å². The van der Waals surface area contributed by atoms with Gasteiger partial charge < -0.3 is 24.9 Å². The van der Waals surface area contributed by atoms with Gasteiger partial charge in [0.25, 0.3) is 0 Å². The highest BCUT2D eigenvalue weighted by Crippen LogP contribution is 2.12. The first kappa shape index (κ1) is 21.3. The first-order chi connectivity index (χ1) is 14.4. The summed E-state index contributed by atoms with van der Waals surface area (Å²) in [7, 11) is 0. The Kier molecular flexibility index (Phi) is 7.03. The number of benzene rings is 2. The molecule has 0 saturated carbocycles. The molecule has 0 radical (unpaired) electrons. The molecule has 1 aromatic heterocycles. The van der Waals surface area contributed by atoms with Crippen LogP contribution >= 0.6 is 0 Å². The maximum absolute atomic E-state index is 12.0. The van der Waals surface area contributed by atoms with Gasteiger partial charge >= 0.3 is 12.1 Å². The number of hydrogen-bond donors (Lipinski definition) is 3. The van der Waals surface area contributed by atoms with Crippen LogP contribution in [-0.4, -0.2) is 39.3 Å². The van der Waals surface area contributed by atoms with Crippen molar-refractivity contribution in [2.45, 2.75) is 45.6 Å². The van der Waals surface area contributed by atoms with Crippen LogP contribution in [0, 0.1) is 0 Å². The fourth-order valence-corrected chi connectivity index (χ4v) is 3.04. The van der Waals surface area contributed by atoms with E-state index in [1.165, 1.54) is 0 Å². The molecule has 3 N–H and O–H groups in total. The molecule has 8 heteroatoms. The van der Waals surface area contributed by atoms with E-state index in [9.17, 15) is 14.7 Å². The lowest BCUT2D eigenvalue weighted by molar-refractivity contribution is -0.153. The van der Waals surface area contributed by atoms with Crippen LogP contribution < -0.4 is 5.32 Å². The molecular formula is C22H25N3O5. The molecule has 158 valence electrons. The number of ether oxygens (including phenoxy) is 2. The Labute approximate surface area is 174 Å². The first-order valence-corrected chi connectivity index (χ1v) is 9.71. The maximum Gasteiger partial charge on any atom is 0.407 e. The van der Waals surface area contributed by atoms with Crippen LogP contribution in [-0.2, 0) is 33.8 Å². The zero-order valence-electron chi connectivity index (χ0n) is 16.9. The van der Waals surface area contributed by atoms with Gasteiger partial charge in [0.05, 0.1) is 17.1 Å². The molecule has 8 nitrogen and oxygen atoms in total. The van der Waals surface area contributed by atoms with Gasteiger partial charge in [-0.05, 0) is 37.1 Å². The number of nitrogens with zero attached hydrogens (tertiary/aromatic N) is 1. The standard InChI is InChI=1S/C22H25N3O5/c1-14(2)30-19(21(26)27)11-15-6-5-7-16(10-15)12-23-22(28)29-13-20-24-17-8-3-4-9-18(17)25-20/h3-10,14,19H,11-13H2,1-2H3,(H,23,28)(H,24,25)(H,26,27). The molecule has 0 aliphatic heterocycles. The summed E-state index contributed by atoms with van der Waals surface area (Å²) in [4.78, 5) is 30.8. The lowest BCUT2D eigenvalue weighted by atomic mass is 10.0. The number of carbonyl (C=O) groups is 2. The van der Waals surface area contributed by atoms with E-state index in [1.807, 2.05) is 48.5 Å². The highest BCUT2D eigenvalue weighted by Gasteiger charge is 2.20. The number of nitrogens with one attached hydrogen (secondary N) is 2. The zero-order valence-corrected chi connectivity index (χ0v) is 16.9. The molecule has 1 amide bonds. The van der Waals surface area contributed by atoms with Crippen molar-refractivity contribution in [3.63, 3.8) is 0 Å². The number of carbonyl (C=O) groups excluding carboxylic acids is 1. The second-order valence-electron chi connectivity index (χ2n) is 7.17. The van der Waals surface area contributed by atoms with Crippen LogP contribution in [0.1, 0.15) is 30.8 Å². The Bertz CT molecular complexity index is 982. The molecule has 3 aromatic rings. The van der Waals surface area contributed by atoms with E-state index in [-0.39, 0.29) is 25.7 Å². The lowest BCUT2D eigenvalue weighted by Crippen LogP contribution is -2.29. The second kappa shape index (κ2) is 9.89. The molecule has 1 unspecified atom stereocenters. The van der Waals surface area contributed by atoms with Crippen LogP contribution in [0.25, 0.3) is 11.0 Å². The van der Waals surface area contributed by atoms with Crippen molar-refractivity contribution in [1.82, 2.24) is 15.3 Å². The molecule has 1 heterocycles. The highest BCUT2D eigenvalue weighted by atomic mass is 16.5. The lowest BCUT2D eigenvalue weighted by Gasteiger charge is -2.17. The Balaban J connectivity index is 1.50. The second-order valence-corrected chi connectivity index (χ2v) is 7.17. The average Bonchev–Trinajstić information content (AvgIpc) is 3.13. The SMILES string of the molecule is CC(C)OC(Cc1cccc(CNC(=O)OCc2nc3ccccc3[nH]2)c1)C(=O)O. The summed E-state index contributed by atoms with van der Waals surface area (Å²) >= 11 is 0. The van der Waals surface area contributed by atoms with Crippen LogP contribution in [0.5, 0.6) is 0 Å². The van der Waals surface area contributed by atoms with Gasteiger partial charge in [0.15, 0.2) is 12.7 Å². The van der Waals surface area contributed by atoms with Gasteiger partial charge in [-0.15, -0.1) is 0 Å². The van der Waals surface area contributed by atoms with E-state index >= 15 is 0 Å². The van der Waals surface area contributed by atoms with Gasteiger partial charge in [-0.25, -0.2) is 14.6 Å². The number of aromatic nitrogens is 2. The molecule has 1 atom stereocenters. The van der Waals surface area contributed by atoms with Crippen molar-refractivity contribution in [1.29, 1.82) is 0 Å². The number of rotatable bonds is 9. The Hall–Kier alpha value is -3.39. The minimum Gasteiger partial charge on any atom is -0.479 e. The number of hydrogen-bond acceptors (Lipinski definition) is 5. The molecule has 2 aromatic carbocycles. The van der Waals surface area contributed by atoms with Gasteiger partial charge in [0.2, 0.25) is 0 Å². The number of carboxylic acids is 1. The summed E-state index contributed by atoms with van der Waals surface area (Å²) in [5.41, 5.74) is 3.35. The number of aliphatic carboxylic acids is 1. The van der Waals surface area contributed by atoms with Crippen molar-refractivity contribution >= 4 is 23.1 Å². The maximum atomic E-state index is 12.0. The van der Waals surface area contributed by atoms with Crippen LogP contribution in [0.15, 0.2) is 48.5 Å². The number of amides is 1. The van der Waals surface area contributed by atoms with Crippen molar-refractivity contribution in [2.75, 3.05) is 0 Å². The van der Waals surface area contributed by atoms with Gasteiger partial charge in [-0.3, -0.25) is 0 Å². The molecule has 0 fully saturated rings. The number of aromatic amines is 1. The Morgan fingerprint density at radius 1 is 1.13 bits per heavy atom. The van der Waals surface area contributed by atoms with Crippen LogP contribution in [0.3, 0.4) is 0 Å². The smallest absolute Gasteiger partial charge is 0.407 e. The van der Waals surface area contributed by atoms with E-state index in [4.69, 9.17) is 9.47 Å². The molecule has 0 bridgehead atoms. The Morgan fingerprint density at radius 3 is 2.63 bits per heavy atom. The van der Waals surface area contributed by atoms with E-state index in [0.717, 1.165) is 22.2 Å². The van der Waals surface area contributed by atoms with Crippen molar-refractivity contribution in [2.24, 2.45) is 0 Å². The molecule has 0 aliphatic carbocycles. The minimum atomic E-state index is -0.999. The summed E-state index contributed by atoms with van der Waals surface area (Å²) in [5.74, 6) is -0.431. The monoisotopic (exact) mass is 411 g/mol. The van der Waals surface area contributed by atoms with Crippen molar-refractivity contribution in [3.05, 3.63) is 65.5 Å². The van der Waals surface area contributed by atoms with Crippen LogP contribution in [0.4, 0.5) is 4.79 Å². The zero-order chi connectivity index (χ0) is 21.5. The fraction of sp³-hybridized carbons (Fsp3) is 0.318. The summed E-state index contributed by atoms with van der Waals surface area (Å²) in [5, 5.41) is 12.0. The summed E-state index contributed by atoms with van der Waals surface area (Å²) in [6, 6.07) is 14.9. The molecule has 3 rings (SSSR count). The fourth-order valence-electron chi connectivity index (χ4n) is 3.04. The molecule has 30 heavy (non-hydrogen) atoms. The van der Waals surface area contributed by atoms with Gasteiger partial charge in [0.1, 0.15) is 5.82 Å². The topological polar surface area (TPSA) is 114 Å². The van der Waals surface area contributed by atoms with Crippen molar-refractivity contribution in [3.8, 4) is 0 Å². The van der Waals surface area contributed by atoms with E-state index in [0.29, 0.717) is 5.82 Å². The predicted octanol–water partition coefficient (Wildman–Crippen LogP) is 3.41. The molecule has 0 spiro atoms. The number of para-hydroxylation sites is 2. The average molecular weight is 411 g/mol. The molecular weight excluding hydrogens is 386 g/mol. The third kappa shape index (κ3) is 6.05. The Morgan fingerprint density at radius 2 is 1.90 bits per heavy atom. The quantitative estimate of drug-likeness (QED) is 0.497. The summed E-state index contributed by atoms with van der Waals surface area (Å²) in [6.45, 7) is 3.89. The minimum absolute atomic E-state index is 0.0351. The number of alkyl carbamates (subject to hydrolysis) is 1. The first-order valence-electron chi connectivity index (χ1n) is 9.71. The van der Waals surface area contributed by atoms with E-state index in [2.05, 4.69) is 15.3 Å². The number of carboxylic acid groups (broad SMARTS) is 1. The molecule has 0 saturated heterocycles. The number of fused-ring (bicyclic) bond motifs is 1. The van der Waals surface area contributed by atoms with E-state index < -0.39 is 18.2 Å². The summed E-state index contributed by atoms with van der Waals surface area (Å²) in [6.07, 6.45) is -1.41. The van der Waals surface area contributed by atoms with Crippen molar-refractivity contribution < 1.29 is 24.2 Å². The number of imidazole rings is 1. The normalized spacial score (nSPS) is 12.1. The third-order valence-electron chi connectivity index (χ3n) is 4.34. The number of H-pyrrole nitrogens is 1. The van der Waals surface area contributed by atoms with E-state index in [1.54, 1.807) is 13.8 Å². The third-order valence-corrected chi connectivity index (χ3v) is 4.34. The van der Waals surface area contributed by atoms with Gasteiger partial charge in [-0.2, -0.15) is 0 Å². The summed E-state index contributed by atoms with van der Waals surface area (Å²) < 4.78 is 10.7. The predicted molar refractivity (Wildman–Crippen MR) is 111 cm³/mol.